The molecule has 2 nitrogen and oxygen atoms in total. The van der Waals surface area contributed by atoms with Crippen molar-refractivity contribution in [3.05, 3.63) is 30.4 Å². The van der Waals surface area contributed by atoms with Crippen LogP contribution in [-0.2, 0) is 0 Å². The Morgan fingerprint density at radius 1 is 1.64 bits per heavy atom. The zero-order valence-electron chi connectivity index (χ0n) is 7.33. The molecule has 0 aliphatic rings. The summed E-state index contributed by atoms with van der Waals surface area (Å²) < 4.78 is 2.11. The molecule has 1 aromatic heterocycles. The first-order chi connectivity index (χ1) is 5.16. The average Bonchev–Trinajstić information content (AvgIpc) is 2.32. The number of allylic oxidation sites excluding steroid dienone is 1. The van der Waals surface area contributed by atoms with Crippen LogP contribution in [0.25, 0.3) is 0 Å². The number of nitrogens with zero attached hydrogens (tertiary/aromatic N) is 2. The molecule has 0 radical (unpaired) electrons. The summed E-state index contributed by atoms with van der Waals surface area (Å²) in [5, 5.41) is 0. The van der Waals surface area contributed by atoms with E-state index in [2.05, 4.69) is 30.0 Å². The molecule has 1 rings (SSSR count). The Labute approximate surface area is 67.6 Å². The maximum atomic E-state index is 4.20. The van der Waals surface area contributed by atoms with Crippen LogP contribution in [0.3, 0.4) is 0 Å². The summed E-state index contributed by atoms with van der Waals surface area (Å²) in [5.41, 5.74) is 2.32. The van der Waals surface area contributed by atoms with Gasteiger partial charge in [-0.25, -0.2) is 4.98 Å². The predicted molar refractivity (Wildman–Crippen MR) is 46.6 cm³/mol. The summed E-state index contributed by atoms with van der Waals surface area (Å²) >= 11 is 0. The minimum absolute atomic E-state index is 0.344. The van der Waals surface area contributed by atoms with Gasteiger partial charge >= 0.3 is 0 Å². The van der Waals surface area contributed by atoms with Gasteiger partial charge in [0.15, 0.2) is 0 Å². The molecule has 0 saturated heterocycles. The second kappa shape index (κ2) is 2.91. The standard InChI is InChI=1S/C9H14N2/c1-5-7(2)11-6-10-8(3)9(11)4/h5-7H,1H2,2-4H3. The van der Waals surface area contributed by atoms with Crippen molar-refractivity contribution in [1.29, 1.82) is 0 Å². The van der Waals surface area contributed by atoms with Crippen molar-refractivity contribution in [1.82, 2.24) is 9.55 Å². The third-order valence-corrected chi connectivity index (χ3v) is 2.07. The maximum Gasteiger partial charge on any atom is 0.0956 e. The fraction of sp³-hybridized carbons (Fsp3) is 0.444. The van der Waals surface area contributed by atoms with Crippen molar-refractivity contribution in [3.8, 4) is 0 Å². The molecule has 0 amide bonds. The van der Waals surface area contributed by atoms with Crippen LogP contribution in [0.5, 0.6) is 0 Å². The van der Waals surface area contributed by atoms with Gasteiger partial charge in [0.25, 0.3) is 0 Å². The zero-order valence-corrected chi connectivity index (χ0v) is 7.33. The highest BCUT2D eigenvalue weighted by molar-refractivity contribution is 5.10. The van der Waals surface area contributed by atoms with E-state index < -0.39 is 0 Å². The fourth-order valence-electron chi connectivity index (χ4n) is 1.04. The van der Waals surface area contributed by atoms with Crippen LogP contribution < -0.4 is 0 Å². The molecule has 0 bridgehead atoms. The Hall–Kier alpha value is -1.05. The van der Waals surface area contributed by atoms with Crippen LogP contribution in [-0.4, -0.2) is 9.55 Å². The Bertz CT molecular complexity index is 261. The molecular formula is C9H14N2. The van der Waals surface area contributed by atoms with Gasteiger partial charge in [-0.15, -0.1) is 6.58 Å². The fourth-order valence-corrected chi connectivity index (χ4v) is 1.04. The summed E-state index contributed by atoms with van der Waals surface area (Å²) in [6, 6.07) is 0.344. The molecule has 0 aliphatic heterocycles. The molecule has 1 unspecified atom stereocenters. The van der Waals surface area contributed by atoms with Crippen molar-refractivity contribution >= 4 is 0 Å². The van der Waals surface area contributed by atoms with Crippen molar-refractivity contribution in [2.24, 2.45) is 0 Å². The second-order valence-electron chi connectivity index (χ2n) is 2.80. The molecule has 1 heterocycles. The van der Waals surface area contributed by atoms with Gasteiger partial charge in [-0.05, 0) is 20.8 Å². The van der Waals surface area contributed by atoms with Crippen molar-refractivity contribution in [3.63, 3.8) is 0 Å². The molecule has 2 heteroatoms. The van der Waals surface area contributed by atoms with Crippen LogP contribution in [0.15, 0.2) is 19.0 Å². The largest absolute Gasteiger partial charge is 0.328 e. The molecule has 0 N–H and O–H groups in total. The summed E-state index contributed by atoms with van der Waals surface area (Å²) in [7, 11) is 0. The van der Waals surface area contributed by atoms with Crippen LogP contribution in [0.2, 0.25) is 0 Å². The first-order valence-corrected chi connectivity index (χ1v) is 3.79. The number of hydrogen-bond donors (Lipinski definition) is 0. The Kier molecular flexibility index (Phi) is 2.13. The summed E-state index contributed by atoms with van der Waals surface area (Å²) in [6.07, 6.45) is 3.77. The highest BCUT2D eigenvalue weighted by Gasteiger charge is 2.04. The summed E-state index contributed by atoms with van der Waals surface area (Å²) in [4.78, 5) is 4.20. The van der Waals surface area contributed by atoms with Crippen molar-refractivity contribution in [2.45, 2.75) is 26.8 Å². The number of rotatable bonds is 2. The molecular weight excluding hydrogens is 136 g/mol. The number of aromatic nitrogens is 2. The van der Waals surface area contributed by atoms with Crippen LogP contribution >= 0.6 is 0 Å². The molecule has 1 atom stereocenters. The molecule has 0 fully saturated rings. The van der Waals surface area contributed by atoms with Gasteiger partial charge in [0.1, 0.15) is 0 Å². The average molecular weight is 150 g/mol. The predicted octanol–water partition coefficient (Wildman–Crippen LogP) is 2.25. The lowest BCUT2D eigenvalue weighted by Gasteiger charge is -2.09. The lowest BCUT2D eigenvalue weighted by atomic mass is 10.3. The van der Waals surface area contributed by atoms with Gasteiger partial charge in [0, 0.05) is 11.7 Å². The van der Waals surface area contributed by atoms with Crippen LogP contribution in [0.1, 0.15) is 24.4 Å². The molecule has 0 aromatic carbocycles. The Morgan fingerprint density at radius 2 is 2.27 bits per heavy atom. The van der Waals surface area contributed by atoms with Gasteiger partial charge in [-0.1, -0.05) is 6.08 Å². The first kappa shape index (κ1) is 8.05. The summed E-state index contributed by atoms with van der Waals surface area (Å²) in [5.74, 6) is 0. The minimum Gasteiger partial charge on any atom is -0.328 e. The molecule has 0 spiro atoms. The first-order valence-electron chi connectivity index (χ1n) is 3.79. The van der Waals surface area contributed by atoms with Gasteiger partial charge in [-0.2, -0.15) is 0 Å². The maximum absolute atomic E-state index is 4.20. The van der Waals surface area contributed by atoms with Crippen molar-refractivity contribution < 1.29 is 0 Å². The monoisotopic (exact) mass is 150 g/mol. The van der Waals surface area contributed by atoms with E-state index in [9.17, 15) is 0 Å². The smallest absolute Gasteiger partial charge is 0.0956 e. The highest BCUT2D eigenvalue weighted by atomic mass is 15.1. The number of aryl methyl sites for hydroxylation is 1. The van der Waals surface area contributed by atoms with Crippen molar-refractivity contribution in [2.75, 3.05) is 0 Å². The van der Waals surface area contributed by atoms with E-state index in [0.29, 0.717) is 6.04 Å². The second-order valence-corrected chi connectivity index (χ2v) is 2.80. The quantitative estimate of drug-likeness (QED) is 0.591. The van der Waals surface area contributed by atoms with Crippen LogP contribution in [0, 0.1) is 13.8 Å². The number of hydrogen-bond acceptors (Lipinski definition) is 1. The summed E-state index contributed by atoms with van der Waals surface area (Å²) in [6.45, 7) is 9.92. The molecule has 11 heavy (non-hydrogen) atoms. The third kappa shape index (κ3) is 1.34. The van der Waals surface area contributed by atoms with E-state index in [4.69, 9.17) is 0 Å². The van der Waals surface area contributed by atoms with Crippen LogP contribution in [0.4, 0.5) is 0 Å². The Balaban J connectivity index is 3.03. The normalized spacial score (nSPS) is 13.0. The van der Waals surface area contributed by atoms with E-state index in [0.717, 1.165) is 5.69 Å². The molecule has 1 aromatic rings. The topological polar surface area (TPSA) is 17.8 Å². The lowest BCUT2D eigenvalue weighted by Crippen LogP contribution is -2.02. The van der Waals surface area contributed by atoms with E-state index in [1.165, 1.54) is 5.69 Å². The molecule has 0 aliphatic carbocycles. The van der Waals surface area contributed by atoms with E-state index in [1.54, 1.807) is 0 Å². The zero-order chi connectivity index (χ0) is 8.43. The van der Waals surface area contributed by atoms with Gasteiger partial charge in [0.05, 0.1) is 12.0 Å². The van der Waals surface area contributed by atoms with Gasteiger partial charge in [0.2, 0.25) is 0 Å². The van der Waals surface area contributed by atoms with Gasteiger partial charge < -0.3 is 4.57 Å². The van der Waals surface area contributed by atoms with E-state index in [1.807, 2.05) is 19.3 Å². The van der Waals surface area contributed by atoms with E-state index in [-0.39, 0.29) is 0 Å². The van der Waals surface area contributed by atoms with E-state index >= 15 is 0 Å². The third-order valence-electron chi connectivity index (χ3n) is 2.07. The molecule has 60 valence electrons. The minimum atomic E-state index is 0.344. The highest BCUT2D eigenvalue weighted by Crippen LogP contribution is 2.12. The SMILES string of the molecule is C=CC(C)n1cnc(C)c1C. The molecule has 0 saturated carbocycles. The van der Waals surface area contributed by atoms with Gasteiger partial charge in [-0.3, -0.25) is 0 Å². The number of imidazole rings is 1. The Morgan fingerprint density at radius 3 is 2.64 bits per heavy atom. The lowest BCUT2D eigenvalue weighted by molar-refractivity contribution is 0.643.